The van der Waals surface area contributed by atoms with E-state index in [-0.39, 0.29) is 5.54 Å². The van der Waals surface area contributed by atoms with Crippen molar-refractivity contribution in [3.05, 3.63) is 23.8 Å². The zero-order valence-corrected chi connectivity index (χ0v) is 12.3. The lowest BCUT2D eigenvalue weighted by atomic mass is 9.89. The van der Waals surface area contributed by atoms with Crippen LogP contribution in [0.4, 0.5) is 0 Å². The molecule has 4 nitrogen and oxygen atoms in total. The van der Waals surface area contributed by atoms with Crippen LogP contribution in [0.5, 0.6) is 11.5 Å². The highest BCUT2D eigenvalue weighted by molar-refractivity contribution is 5.41. The summed E-state index contributed by atoms with van der Waals surface area (Å²) in [5.41, 5.74) is 1.38. The van der Waals surface area contributed by atoms with Gasteiger partial charge in [0.2, 0.25) is 0 Å². The van der Waals surface area contributed by atoms with Gasteiger partial charge in [0.05, 0.1) is 14.2 Å². The molecule has 1 atom stereocenters. The third-order valence-electron chi connectivity index (χ3n) is 4.10. The lowest BCUT2D eigenvalue weighted by Gasteiger charge is -2.29. The number of hydrogen-bond donors (Lipinski definition) is 1. The second-order valence-corrected chi connectivity index (χ2v) is 5.37. The molecule has 0 aliphatic carbocycles. The van der Waals surface area contributed by atoms with Crippen LogP contribution >= 0.6 is 0 Å². The molecular weight excluding hydrogens is 240 g/mol. The van der Waals surface area contributed by atoms with Crippen molar-refractivity contribution >= 4 is 0 Å². The quantitative estimate of drug-likeness (QED) is 0.874. The molecule has 1 saturated heterocycles. The molecule has 1 aliphatic rings. The molecule has 1 aromatic rings. The molecule has 19 heavy (non-hydrogen) atoms. The zero-order valence-electron chi connectivity index (χ0n) is 12.3. The fourth-order valence-corrected chi connectivity index (χ4v) is 2.88. The summed E-state index contributed by atoms with van der Waals surface area (Å²) < 4.78 is 10.7. The second kappa shape index (κ2) is 5.80. The maximum Gasteiger partial charge on any atom is 0.125 e. The molecule has 1 fully saturated rings. The van der Waals surface area contributed by atoms with Crippen molar-refractivity contribution in [1.82, 2.24) is 10.2 Å². The van der Waals surface area contributed by atoms with E-state index in [2.05, 4.69) is 30.4 Å². The smallest absolute Gasteiger partial charge is 0.125 e. The molecule has 4 heteroatoms. The lowest BCUT2D eigenvalue weighted by molar-refractivity contribution is 0.320. The van der Waals surface area contributed by atoms with Crippen LogP contribution in [0.25, 0.3) is 0 Å². The average Bonchev–Trinajstić information content (AvgIpc) is 2.81. The molecule has 106 valence electrons. The second-order valence-electron chi connectivity index (χ2n) is 5.37. The van der Waals surface area contributed by atoms with Gasteiger partial charge in [-0.3, -0.25) is 0 Å². The Balaban J connectivity index is 2.22. The molecule has 1 aromatic carbocycles. The van der Waals surface area contributed by atoms with Crippen LogP contribution in [0.3, 0.4) is 0 Å². The molecule has 1 N–H and O–H groups in total. The van der Waals surface area contributed by atoms with Crippen LogP contribution in [0, 0.1) is 0 Å². The van der Waals surface area contributed by atoms with Crippen LogP contribution in [-0.4, -0.2) is 51.8 Å². The van der Waals surface area contributed by atoms with Crippen molar-refractivity contribution in [2.75, 3.05) is 41.4 Å². The van der Waals surface area contributed by atoms with Crippen LogP contribution in [0.2, 0.25) is 0 Å². The molecular formula is C15H24N2O2. The Kier molecular flexibility index (Phi) is 4.32. The number of likely N-dealkylation sites (tertiary alicyclic amines) is 1. The summed E-state index contributed by atoms with van der Waals surface area (Å²) in [7, 11) is 7.61. The van der Waals surface area contributed by atoms with Gasteiger partial charge in [-0.2, -0.15) is 0 Å². The van der Waals surface area contributed by atoms with Crippen LogP contribution < -0.4 is 14.8 Å². The molecule has 2 rings (SSSR count). The third-order valence-corrected chi connectivity index (χ3v) is 4.10. The number of benzene rings is 1. The highest BCUT2D eigenvalue weighted by Crippen LogP contribution is 2.31. The van der Waals surface area contributed by atoms with Crippen molar-refractivity contribution in [3.8, 4) is 11.5 Å². The predicted molar refractivity (Wildman–Crippen MR) is 77.2 cm³/mol. The summed E-state index contributed by atoms with van der Waals surface area (Å²) in [6.45, 7) is 2.21. The fraction of sp³-hybridized carbons (Fsp3) is 0.600. The summed E-state index contributed by atoms with van der Waals surface area (Å²) in [4.78, 5) is 2.37. The number of hydrogen-bond acceptors (Lipinski definition) is 4. The number of methoxy groups -OCH3 is 2. The van der Waals surface area contributed by atoms with Crippen molar-refractivity contribution in [3.63, 3.8) is 0 Å². The summed E-state index contributed by atoms with van der Waals surface area (Å²) in [6.07, 6.45) is 2.14. The highest BCUT2D eigenvalue weighted by atomic mass is 16.5. The summed E-state index contributed by atoms with van der Waals surface area (Å²) >= 11 is 0. The molecule has 0 bridgehead atoms. The molecule has 1 unspecified atom stereocenters. The van der Waals surface area contributed by atoms with Crippen molar-refractivity contribution in [2.45, 2.75) is 18.4 Å². The standard InChI is InChI=1S/C15H24N2O2/c1-16-15(7-8-17(2)11-15)10-12-5-6-13(18-3)9-14(12)19-4/h5-6,9,16H,7-8,10-11H2,1-4H3. The predicted octanol–water partition coefficient (Wildman–Crippen LogP) is 1.54. The van der Waals surface area contributed by atoms with E-state index in [0.717, 1.165) is 37.4 Å². The molecule has 0 amide bonds. The Morgan fingerprint density at radius 1 is 1.32 bits per heavy atom. The van der Waals surface area contributed by atoms with Gasteiger partial charge in [0.25, 0.3) is 0 Å². The first-order valence-corrected chi connectivity index (χ1v) is 6.71. The van der Waals surface area contributed by atoms with Gasteiger partial charge in [0.1, 0.15) is 11.5 Å². The molecule has 1 aliphatic heterocycles. The van der Waals surface area contributed by atoms with Gasteiger partial charge >= 0.3 is 0 Å². The Labute approximate surface area is 115 Å². The number of rotatable bonds is 5. The molecule has 0 saturated carbocycles. The monoisotopic (exact) mass is 264 g/mol. The lowest BCUT2D eigenvalue weighted by Crippen LogP contribution is -2.47. The fourth-order valence-electron chi connectivity index (χ4n) is 2.88. The van der Waals surface area contributed by atoms with Crippen LogP contribution in [-0.2, 0) is 6.42 Å². The molecule has 0 radical (unpaired) electrons. The minimum atomic E-state index is 0.149. The molecule has 1 heterocycles. The maximum atomic E-state index is 5.49. The first kappa shape index (κ1) is 14.2. The molecule has 0 spiro atoms. The Bertz CT molecular complexity index is 436. The van der Waals surface area contributed by atoms with Crippen molar-refractivity contribution in [1.29, 1.82) is 0 Å². The van der Waals surface area contributed by atoms with Gasteiger partial charge in [-0.15, -0.1) is 0 Å². The minimum Gasteiger partial charge on any atom is -0.497 e. The normalized spacial score (nSPS) is 23.6. The Morgan fingerprint density at radius 2 is 2.11 bits per heavy atom. The number of likely N-dealkylation sites (N-methyl/N-ethyl adjacent to an activating group) is 2. The van der Waals surface area contributed by atoms with E-state index < -0.39 is 0 Å². The largest absolute Gasteiger partial charge is 0.497 e. The van der Waals surface area contributed by atoms with Gasteiger partial charge < -0.3 is 19.7 Å². The first-order valence-electron chi connectivity index (χ1n) is 6.71. The van der Waals surface area contributed by atoms with Gasteiger partial charge in [-0.25, -0.2) is 0 Å². The summed E-state index contributed by atoms with van der Waals surface area (Å²) in [6, 6.07) is 6.06. The van der Waals surface area contributed by atoms with Gasteiger partial charge in [0, 0.05) is 18.2 Å². The maximum absolute atomic E-state index is 5.49. The van der Waals surface area contributed by atoms with Gasteiger partial charge in [-0.05, 0) is 45.1 Å². The van der Waals surface area contributed by atoms with E-state index in [1.54, 1.807) is 14.2 Å². The number of nitrogens with one attached hydrogen (secondary N) is 1. The zero-order chi connectivity index (χ0) is 13.9. The van der Waals surface area contributed by atoms with E-state index in [1.807, 2.05) is 12.1 Å². The molecule has 0 aromatic heterocycles. The van der Waals surface area contributed by atoms with E-state index in [0.29, 0.717) is 0 Å². The number of ether oxygens (including phenoxy) is 2. The SMILES string of the molecule is CNC1(Cc2ccc(OC)cc2OC)CCN(C)C1. The summed E-state index contributed by atoms with van der Waals surface area (Å²) in [5, 5.41) is 3.51. The van der Waals surface area contributed by atoms with E-state index >= 15 is 0 Å². The Hall–Kier alpha value is -1.26. The van der Waals surface area contributed by atoms with E-state index in [1.165, 1.54) is 5.56 Å². The Morgan fingerprint density at radius 3 is 2.63 bits per heavy atom. The average molecular weight is 264 g/mol. The van der Waals surface area contributed by atoms with E-state index in [9.17, 15) is 0 Å². The van der Waals surface area contributed by atoms with Crippen LogP contribution in [0.15, 0.2) is 18.2 Å². The topological polar surface area (TPSA) is 33.7 Å². The minimum absolute atomic E-state index is 0.149. The number of nitrogens with zero attached hydrogens (tertiary/aromatic N) is 1. The first-order chi connectivity index (χ1) is 9.12. The van der Waals surface area contributed by atoms with Crippen LogP contribution in [0.1, 0.15) is 12.0 Å². The van der Waals surface area contributed by atoms with Gasteiger partial charge in [-0.1, -0.05) is 6.07 Å². The summed E-state index contributed by atoms with van der Waals surface area (Å²) in [5.74, 6) is 1.74. The van der Waals surface area contributed by atoms with Gasteiger partial charge in [0.15, 0.2) is 0 Å². The third kappa shape index (κ3) is 3.01. The van der Waals surface area contributed by atoms with E-state index in [4.69, 9.17) is 9.47 Å². The van der Waals surface area contributed by atoms with Crippen molar-refractivity contribution < 1.29 is 9.47 Å². The highest BCUT2D eigenvalue weighted by Gasteiger charge is 2.35. The van der Waals surface area contributed by atoms with Crippen molar-refractivity contribution in [2.24, 2.45) is 0 Å².